The highest BCUT2D eigenvalue weighted by Gasteiger charge is 2.36. The average molecular weight is 571 g/mol. The maximum Gasteiger partial charge on any atom is 0.435 e. The number of hydrogen-bond donors (Lipinski definition) is 1. The van der Waals surface area contributed by atoms with Crippen LogP contribution < -0.4 is 4.72 Å². The topological polar surface area (TPSA) is 90.3 Å². The molecule has 4 rings (SSSR count). The van der Waals surface area contributed by atoms with E-state index in [1.54, 1.807) is 45.0 Å². The molecule has 3 aromatic rings. The highest BCUT2D eigenvalue weighted by atomic mass is 127. The van der Waals surface area contributed by atoms with Gasteiger partial charge in [-0.1, -0.05) is 6.07 Å². The van der Waals surface area contributed by atoms with Gasteiger partial charge in [0.05, 0.1) is 22.7 Å². The second-order valence-electron chi connectivity index (χ2n) is 8.82. The minimum atomic E-state index is -3.54. The molecule has 0 amide bonds. The van der Waals surface area contributed by atoms with E-state index in [2.05, 4.69) is 9.82 Å². The molecule has 1 N–H and O–H groups in total. The van der Waals surface area contributed by atoms with E-state index in [1.165, 1.54) is 12.3 Å². The first kappa shape index (κ1) is 23.0. The van der Waals surface area contributed by atoms with Gasteiger partial charge in [0.25, 0.3) is 0 Å². The highest BCUT2D eigenvalue weighted by Crippen LogP contribution is 2.34. The Labute approximate surface area is 199 Å². The van der Waals surface area contributed by atoms with Crippen molar-refractivity contribution >= 4 is 55.3 Å². The summed E-state index contributed by atoms with van der Waals surface area (Å²) >= 11 is 2.03. The molecule has 1 aliphatic carbocycles. The van der Waals surface area contributed by atoms with Crippen molar-refractivity contribution in [1.29, 1.82) is 0 Å². The molecule has 1 fully saturated rings. The zero-order valence-corrected chi connectivity index (χ0v) is 20.8. The van der Waals surface area contributed by atoms with Crippen LogP contribution in [-0.4, -0.2) is 35.1 Å². The Balaban J connectivity index is 1.81. The number of fused-ring (bicyclic) bond motifs is 1. The molecule has 0 saturated heterocycles. The van der Waals surface area contributed by atoms with E-state index in [0.717, 1.165) is 8.25 Å². The van der Waals surface area contributed by atoms with Gasteiger partial charge in [-0.15, -0.1) is 0 Å². The van der Waals surface area contributed by atoms with Crippen molar-refractivity contribution in [3.8, 4) is 0 Å². The van der Waals surface area contributed by atoms with Crippen LogP contribution in [0.25, 0.3) is 10.9 Å². The zero-order valence-electron chi connectivity index (χ0n) is 17.9. The summed E-state index contributed by atoms with van der Waals surface area (Å²) in [7, 11) is -3.54. The number of halogens is 2. The van der Waals surface area contributed by atoms with Crippen molar-refractivity contribution < 1.29 is 22.3 Å². The largest absolute Gasteiger partial charge is 0.442 e. The molecule has 1 aromatic heterocycles. The van der Waals surface area contributed by atoms with Gasteiger partial charge in [0, 0.05) is 15.4 Å². The zero-order chi connectivity index (χ0) is 23.3. The van der Waals surface area contributed by atoms with Crippen molar-refractivity contribution in [1.82, 2.24) is 9.78 Å². The van der Waals surface area contributed by atoms with Gasteiger partial charge in [0.2, 0.25) is 10.0 Å². The van der Waals surface area contributed by atoms with E-state index < -0.39 is 27.0 Å². The van der Waals surface area contributed by atoms with Crippen molar-refractivity contribution in [2.75, 3.05) is 4.72 Å². The number of rotatable bonds is 5. The molecule has 32 heavy (non-hydrogen) atoms. The van der Waals surface area contributed by atoms with E-state index >= 15 is 0 Å². The highest BCUT2D eigenvalue weighted by molar-refractivity contribution is 14.1. The van der Waals surface area contributed by atoms with Crippen LogP contribution in [0.15, 0.2) is 36.5 Å². The van der Waals surface area contributed by atoms with Crippen molar-refractivity contribution in [2.45, 2.75) is 50.9 Å². The van der Waals surface area contributed by atoms with Crippen molar-refractivity contribution in [3.05, 3.63) is 57.0 Å². The van der Waals surface area contributed by atoms with Crippen LogP contribution in [0, 0.1) is 9.39 Å². The molecule has 0 bridgehead atoms. The number of carbonyl (C=O) groups is 1. The number of hydrogen-bond acceptors (Lipinski definition) is 5. The SMILES string of the molecule is CC(C)(C)OC(=O)n1ncc2c(Cc3ccc(I)cc3F)c(NS(=O)(=O)C3CC3)ccc21. The van der Waals surface area contributed by atoms with Crippen LogP contribution in [-0.2, 0) is 21.2 Å². The molecule has 0 aliphatic heterocycles. The Kier molecular flexibility index (Phi) is 5.95. The number of nitrogens with zero attached hydrogens (tertiary/aromatic N) is 2. The van der Waals surface area contributed by atoms with Crippen molar-refractivity contribution in [2.24, 2.45) is 0 Å². The number of ether oxygens (including phenoxy) is 1. The molecule has 1 saturated carbocycles. The van der Waals surface area contributed by atoms with Gasteiger partial charge in [-0.2, -0.15) is 9.78 Å². The van der Waals surface area contributed by atoms with E-state index in [1.807, 2.05) is 22.6 Å². The van der Waals surface area contributed by atoms with E-state index in [9.17, 15) is 17.6 Å². The number of benzene rings is 2. The van der Waals surface area contributed by atoms with Gasteiger partial charge in [-0.05, 0) is 91.6 Å². The summed E-state index contributed by atoms with van der Waals surface area (Å²) < 4.78 is 49.8. The Morgan fingerprint density at radius 3 is 2.62 bits per heavy atom. The molecule has 1 heterocycles. The summed E-state index contributed by atoms with van der Waals surface area (Å²) in [5, 5.41) is 4.31. The molecule has 10 heteroatoms. The predicted octanol–water partition coefficient (Wildman–Crippen LogP) is 5.06. The van der Waals surface area contributed by atoms with Crippen molar-refractivity contribution in [3.63, 3.8) is 0 Å². The third kappa shape index (κ3) is 4.90. The summed E-state index contributed by atoms with van der Waals surface area (Å²) in [6.45, 7) is 5.27. The lowest BCUT2D eigenvalue weighted by Crippen LogP contribution is -2.27. The monoisotopic (exact) mass is 571 g/mol. The third-order valence-electron chi connectivity index (χ3n) is 5.03. The Bertz CT molecular complexity index is 1310. The number of anilines is 1. The molecule has 0 atom stereocenters. The Morgan fingerprint density at radius 2 is 2.00 bits per heavy atom. The number of aromatic nitrogens is 2. The molecule has 170 valence electrons. The minimum Gasteiger partial charge on any atom is -0.442 e. The number of nitrogens with one attached hydrogen (secondary N) is 1. The number of sulfonamides is 1. The molecule has 0 radical (unpaired) electrons. The maximum absolute atomic E-state index is 14.6. The normalized spacial score (nSPS) is 14.5. The summed E-state index contributed by atoms with van der Waals surface area (Å²) in [6.07, 6.45) is 2.20. The molecule has 2 aromatic carbocycles. The minimum absolute atomic E-state index is 0.128. The molecular weight excluding hydrogens is 548 g/mol. The third-order valence-corrected chi connectivity index (χ3v) is 7.55. The summed E-state index contributed by atoms with van der Waals surface area (Å²) in [6, 6.07) is 8.09. The lowest BCUT2D eigenvalue weighted by molar-refractivity contribution is 0.0522. The van der Waals surface area contributed by atoms with E-state index in [-0.39, 0.29) is 12.2 Å². The Morgan fingerprint density at radius 1 is 1.28 bits per heavy atom. The molecule has 7 nitrogen and oxygen atoms in total. The molecular formula is C22H23FIN3O4S. The van der Waals surface area contributed by atoms with Gasteiger partial charge in [-0.25, -0.2) is 17.6 Å². The lowest BCUT2D eigenvalue weighted by Gasteiger charge is -2.19. The van der Waals surface area contributed by atoms with E-state index in [0.29, 0.717) is 40.6 Å². The van der Waals surface area contributed by atoms with Gasteiger partial charge < -0.3 is 4.74 Å². The smallest absolute Gasteiger partial charge is 0.435 e. The fourth-order valence-corrected chi connectivity index (χ4v) is 5.24. The second kappa shape index (κ2) is 8.29. The summed E-state index contributed by atoms with van der Waals surface area (Å²) in [5.41, 5.74) is 1.06. The fraction of sp³-hybridized carbons (Fsp3) is 0.364. The molecule has 0 unspecified atom stereocenters. The Hall–Kier alpha value is -2.21. The van der Waals surface area contributed by atoms with Crippen LogP contribution in [0.4, 0.5) is 14.9 Å². The van der Waals surface area contributed by atoms with Crippen LogP contribution in [0.2, 0.25) is 0 Å². The average Bonchev–Trinajstić information content (AvgIpc) is 3.44. The summed E-state index contributed by atoms with van der Waals surface area (Å²) in [5.74, 6) is -0.385. The van der Waals surface area contributed by atoms with Crippen LogP contribution in [0.3, 0.4) is 0 Å². The molecule has 0 spiro atoms. The maximum atomic E-state index is 14.6. The van der Waals surface area contributed by atoms with Gasteiger partial charge in [-0.3, -0.25) is 4.72 Å². The van der Waals surface area contributed by atoms with Crippen LogP contribution >= 0.6 is 22.6 Å². The van der Waals surface area contributed by atoms with Gasteiger partial charge in [0.1, 0.15) is 11.4 Å². The van der Waals surface area contributed by atoms with Crippen LogP contribution in [0.1, 0.15) is 44.7 Å². The quantitative estimate of drug-likeness (QED) is 0.433. The summed E-state index contributed by atoms with van der Waals surface area (Å²) in [4.78, 5) is 12.6. The number of carbonyl (C=O) groups excluding carboxylic acids is 1. The first-order valence-electron chi connectivity index (χ1n) is 10.1. The predicted molar refractivity (Wildman–Crippen MR) is 129 cm³/mol. The second-order valence-corrected chi connectivity index (χ2v) is 12.0. The standard InChI is InChI=1S/C22H23FIN3O4S/c1-22(2,3)31-21(28)27-20-9-8-19(26-32(29,30)15-6-7-15)16(17(20)12-25-27)10-13-4-5-14(24)11-18(13)23/h4-5,8-9,11-12,15,26H,6-7,10H2,1-3H3. The first-order valence-corrected chi connectivity index (χ1v) is 12.8. The first-order chi connectivity index (χ1) is 14.9. The fourth-order valence-electron chi connectivity index (χ4n) is 3.37. The lowest BCUT2D eigenvalue weighted by atomic mass is 9.99. The van der Waals surface area contributed by atoms with Gasteiger partial charge in [0.15, 0.2) is 0 Å². The van der Waals surface area contributed by atoms with Crippen LogP contribution in [0.5, 0.6) is 0 Å². The van der Waals surface area contributed by atoms with E-state index in [4.69, 9.17) is 4.74 Å². The molecule has 1 aliphatic rings. The van der Waals surface area contributed by atoms with Gasteiger partial charge >= 0.3 is 6.09 Å².